The lowest BCUT2D eigenvalue weighted by Gasteiger charge is -2.60. The molecule has 0 bridgehead atoms. The number of methoxy groups -OCH3 is 1. The third kappa shape index (κ3) is 5.73. The molecule has 38 heavy (non-hydrogen) atoms. The average Bonchev–Trinajstić information content (AvgIpc) is 2.86. The van der Waals surface area contributed by atoms with Crippen molar-refractivity contribution in [2.75, 3.05) is 33.8 Å². The minimum atomic E-state index is -0.716. The number of likely N-dealkylation sites (tertiary alicyclic amines) is 1. The third-order valence-electron chi connectivity index (χ3n) is 8.32. The normalized spacial score (nSPS) is 28.6. The van der Waals surface area contributed by atoms with Crippen molar-refractivity contribution in [1.82, 2.24) is 5.32 Å². The Bertz CT molecular complexity index is 1220. The van der Waals surface area contributed by atoms with E-state index in [0.717, 1.165) is 40.9 Å². The number of piperidine rings is 1. The third-order valence-corrected chi connectivity index (χ3v) is 9.06. The Labute approximate surface area is 235 Å². The Morgan fingerprint density at radius 1 is 1.18 bits per heavy atom. The van der Waals surface area contributed by atoms with Gasteiger partial charge in [-0.1, -0.05) is 48.0 Å². The number of quaternary nitrogens is 1. The van der Waals surface area contributed by atoms with E-state index in [1.54, 1.807) is 19.2 Å². The van der Waals surface area contributed by atoms with Crippen molar-refractivity contribution in [3.8, 4) is 5.75 Å². The van der Waals surface area contributed by atoms with Gasteiger partial charge in [0, 0.05) is 24.8 Å². The minimum absolute atomic E-state index is 0.0720. The highest BCUT2D eigenvalue weighted by atomic mass is 35.5. The molecule has 4 atom stereocenters. The molecule has 1 N–H and O–H groups in total. The van der Waals surface area contributed by atoms with Crippen LogP contribution in [0.15, 0.2) is 55.1 Å². The SMILES string of the molecule is C=CC[N@@+]1(C)CC[C@@]2(c3cccc(OC)c3)C[C@H](NC(=O)Cc3ccc(Cl)c(Cl)c3)CCC2(OC(C)=O)C1. The number of hydrogen-bond acceptors (Lipinski definition) is 4. The van der Waals surface area contributed by atoms with E-state index in [1.165, 1.54) is 6.92 Å². The smallest absolute Gasteiger partial charge is 0.303 e. The van der Waals surface area contributed by atoms with Crippen LogP contribution in [0, 0.1) is 0 Å². The maximum Gasteiger partial charge on any atom is 0.303 e. The van der Waals surface area contributed by atoms with E-state index in [2.05, 4.69) is 31.1 Å². The second-order valence-electron chi connectivity index (χ2n) is 11.1. The van der Waals surface area contributed by atoms with Crippen LogP contribution in [0.2, 0.25) is 10.0 Å². The second-order valence-corrected chi connectivity index (χ2v) is 11.9. The molecule has 1 saturated carbocycles. The summed E-state index contributed by atoms with van der Waals surface area (Å²) in [5.74, 6) is 0.400. The number of amides is 1. The van der Waals surface area contributed by atoms with E-state index in [9.17, 15) is 9.59 Å². The number of nitrogens with one attached hydrogen (secondary N) is 1. The van der Waals surface area contributed by atoms with Crippen molar-refractivity contribution in [2.24, 2.45) is 0 Å². The fraction of sp³-hybridized carbons (Fsp3) is 0.467. The van der Waals surface area contributed by atoms with Crippen LogP contribution in [0.5, 0.6) is 5.75 Å². The zero-order valence-electron chi connectivity index (χ0n) is 22.4. The molecule has 1 unspecified atom stereocenters. The van der Waals surface area contributed by atoms with Gasteiger partial charge >= 0.3 is 5.97 Å². The van der Waals surface area contributed by atoms with Crippen molar-refractivity contribution in [3.05, 3.63) is 76.3 Å². The highest BCUT2D eigenvalue weighted by molar-refractivity contribution is 6.42. The van der Waals surface area contributed by atoms with E-state index in [4.69, 9.17) is 32.7 Å². The van der Waals surface area contributed by atoms with Gasteiger partial charge in [-0.3, -0.25) is 9.59 Å². The van der Waals surface area contributed by atoms with Gasteiger partial charge in [-0.25, -0.2) is 0 Å². The topological polar surface area (TPSA) is 64.6 Å². The van der Waals surface area contributed by atoms with Gasteiger partial charge in [0.15, 0.2) is 5.60 Å². The van der Waals surface area contributed by atoms with E-state index in [1.807, 2.05) is 24.3 Å². The van der Waals surface area contributed by atoms with Gasteiger partial charge in [0.1, 0.15) is 12.3 Å². The van der Waals surface area contributed by atoms with E-state index in [0.29, 0.717) is 35.9 Å². The zero-order chi connectivity index (χ0) is 27.6. The molecule has 1 saturated heterocycles. The van der Waals surface area contributed by atoms with Crippen LogP contribution in [0.25, 0.3) is 0 Å². The van der Waals surface area contributed by atoms with Gasteiger partial charge in [0.2, 0.25) is 5.91 Å². The lowest BCUT2D eigenvalue weighted by Crippen LogP contribution is -2.72. The molecule has 0 radical (unpaired) electrons. The molecule has 204 valence electrons. The number of nitrogens with zero attached hydrogens (tertiary/aromatic N) is 1. The van der Waals surface area contributed by atoms with Gasteiger partial charge in [-0.2, -0.15) is 0 Å². The van der Waals surface area contributed by atoms with Crippen molar-refractivity contribution in [2.45, 2.75) is 56.1 Å². The number of carbonyl (C=O) groups is 2. The number of ether oxygens (including phenoxy) is 2. The van der Waals surface area contributed by atoms with Crippen LogP contribution in [0.4, 0.5) is 0 Å². The number of rotatable bonds is 8. The number of halogens is 2. The van der Waals surface area contributed by atoms with Crippen LogP contribution in [0.1, 0.15) is 43.7 Å². The molecule has 2 aromatic rings. The summed E-state index contributed by atoms with van der Waals surface area (Å²) in [7, 11) is 3.86. The summed E-state index contributed by atoms with van der Waals surface area (Å²) in [6, 6.07) is 13.2. The maximum absolute atomic E-state index is 13.1. The molecule has 1 amide bonds. The van der Waals surface area contributed by atoms with Gasteiger partial charge in [-0.05, 0) is 60.7 Å². The predicted octanol–water partition coefficient (Wildman–Crippen LogP) is 5.49. The van der Waals surface area contributed by atoms with Gasteiger partial charge in [-0.15, -0.1) is 0 Å². The fourth-order valence-corrected chi connectivity index (χ4v) is 7.00. The second kappa shape index (κ2) is 11.3. The molecule has 1 heterocycles. The summed E-state index contributed by atoms with van der Waals surface area (Å²) in [4.78, 5) is 25.7. The molecule has 8 heteroatoms. The van der Waals surface area contributed by atoms with Crippen LogP contribution < -0.4 is 10.1 Å². The first-order chi connectivity index (χ1) is 18.0. The molecule has 4 rings (SSSR count). The Morgan fingerprint density at radius 2 is 1.97 bits per heavy atom. The minimum Gasteiger partial charge on any atom is -0.497 e. The van der Waals surface area contributed by atoms with Crippen molar-refractivity contribution >= 4 is 35.1 Å². The monoisotopic (exact) mass is 559 g/mol. The van der Waals surface area contributed by atoms with Crippen LogP contribution >= 0.6 is 23.2 Å². The summed E-state index contributed by atoms with van der Waals surface area (Å²) < 4.78 is 12.7. The molecule has 1 aliphatic heterocycles. The van der Waals surface area contributed by atoms with Gasteiger partial charge < -0.3 is 19.3 Å². The number of fused-ring (bicyclic) bond motifs is 1. The van der Waals surface area contributed by atoms with Crippen LogP contribution in [-0.2, 0) is 26.2 Å². The van der Waals surface area contributed by atoms with E-state index >= 15 is 0 Å². The molecule has 2 aliphatic rings. The largest absolute Gasteiger partial charge is 0.497 e. The quantitative estimate of drug-likeness (QED) is 0.264. The number of carbonyl (C=O) groups excluding carboxylic acids is 2. The summed E-state index contributed by atoms with van der Waals surface area (Å²) in [6.07, 6.45) is 4.97. The average molecular weight is 561 g/mol. The van der Waals surface area contributed by atoms with Crippen molar-refractivity contribution in [3.63, 3.8) is 0 Å². The highest BCUT2D eigenvalue weighted by Crippen LogP contribution is 2.55. The standard InChI is InChI=1S/C30H36Cl2N2O4/c1-5-14-34(3)15-13-29(23-7-6-8-25(18-23)37-4)19-24(11-12-30(29,20-34)38-21(2)35)33-28(36)17-22-9-10-26(31)27(32)16-22/h5-10,16,18,24H,1,11-15,17,19-20H2,2-4H3/p+1/t24-,29+,30?,34+/m1/s1. The molecule has 6 nitrogen and oxygen atoms in total. The molecule has 2 fully saturated rings. The molecule has 0 spiro atoms. The summed E-state index contributed by atoms with van der Waals surface area (Å²) in [6.45, 7) is 7.83. The van der Waals surface area contributed by atoms with E-state index < -0.39 is 11.0 Å². The number of hydrogen-bond donors (Lipinski definition) is 1. The first kappa shape index (κ1) is 28.5. The van der Waals surface area contributed by atoms with Gasteiger partial charge in [0.25, 0.3) is 0 Å². The Morgan fingerprint density at radius 3 is 2.66 bits per heavy atom. The number of benzene rings is 2. The van der Waals surface area contributed by atoms with Gasteiger partial charge in [0.05, 0.1) is 43.7 Å². The summed E-state index contributed by atoms with van der Waals surface area (Å²) in [5, 5.41) is 4.16. The van der Waals surface area contributed by atoms with E-state index in [-0.39, 0.29) is 24.3 Å². The fourth-order valence-electron chi connectivity index (χ4n) is 6.68. The molecule has 0 aromatic heterocycles. The van der Waals surface area contributed by atoms with Crippen molar-refractivity contribution in [1.29, 1.82) is 0 Å². The lowest BCUT2D eigenvalue weighted by molar-refractivity contribution is -0.917. The maximum atomic E-state index is 13.1. The molecular weight excluding hydrogens is 523 g/mol. The highest BCUT2D eigenvalue weighted by Gasteiger charge is 2.64. The van der Waals surface area contributed by atoms with Crippen LogP contribution in [-0.4, -0.2) is 61.8 Å². The zero-order valence-corrected chi connectivity index (χ0v) is 23.9. The first-order valence-electron chi connectivity index (χ1n) is 13.1. The lowest BCUT2D eigenvalue weighted by atomic mass is 9.54. The predicted molar refractivity (Wildman–Crippen MR) is 151 cm³/mol. The number of likely N-dealkylation sites (N-methyl/N-ethyl adjacent to an activating group) is 1. The number of esters is 1. The first-order valence-corrected chi connectivity index (χ1v) is 13.8. The molecular formula is C30H37Cl2N2O4+. The Kier molecular flexibility index (Phi) is 8.46. The van der Waals surface area contributed by atoms with Crippen LogP contribution in [0.3, 0.4) is 0 Å². The Balaban J connectivity index is 1.68. The van der Waals surface area contributed by atoms with Crippen molar-refractivity contribution < 1.29 is 23.5 Å². The summed E-state index contributed by atoms with van der Waals surface area (Å²) in [5.41, 5.74) is 0.684. The summed E-state index contributed by atoms with van der Waals surface area (Å²) >= 11 is 12.2. The molecule has 1 aliphatic carbocycles. The molecule has 2 aromatic carbocycles. The Hall–Kier alpha value is -2.54.